The number of carbonyl (C=O) groups excluding carboxylic acids is 1. The molecule has 1 aliphatic rings. The smallest absolute Gasteiger partial charge is 0.314 e. The third-order valence-corrected chi connectivity index (χ3v) is 2.72. The van der Waals surface area contributed by atoms with Gasteiger partial charge in [0.05, 0.1) is 0 Å². The van der Waals surface area contributed by atoms with Crippen molar-refractivity contribution in [3.8, 4) is 0 Å². The van der Waals surface area contributed by atoms with Gasteiger partial charge in [-0.3, -0.25) is 0 Å². The molecule has 3 heteroatoms. The molecule has 0 radical (unpaired) electrons. The van der Waals surface area contributed by atoms with E-state index in [-0.39, 0.29) is 6.03 Å². The van der Waals surface area contributed by atoms with Gasteiger partial charge >= 0.3 is 6.03 Å². The molecule has 0 bridgehead atoms. The molecule has 0 unspecified atom stereocenters. The predicted octanol–water partition coefficient (Wildman–Crippen LogP) is 1.43. The second-order valence-electron chi connectivity index (χ2n) is 4.64. The van der Waals surface area contributed by atoms with Gasteiger partial charge in [-0.05, 0) is 17.8 Å². The van der Waals surface area contributed by atoms with Crippen LogP contribution in [0.5, 0.6) is 0 Å². The maximum atomic E-state index is 10.8. The average molecular weight is 170 g/mol. The van der Waals surface area contributed by atoms with E-state index in [0.29, 0.717) is 11.3 Å². The minimum atomic E-state index is -0.276. The van der Waals surface area contributed by atoms with E-state index in [1.807, 2.05) is 0 Å². The first kappa shape index (κ1) is 9.36. The number of hydrogen-bond donors (Lipinski definition) is 1. The minimum Gasteiger partial charge on any atom is -0.351 e. The van der Waals surface area contributed by atoms with Gasteiger partial charge in [0, 0.05) is 13.1 Å². The van der Waals surface area contributed by atoms with Gasteiger partial charge in [0.2, 0.25) is 0 Å². The highest BCUT2D eigenvalue weighted by molar-refractivity contribution is 5.72. The first-order chi connectivity index (χ1) is 5.41. The van der Waals surface area contributed by atoms with Crippen molar-refractivity contribution in [2.45, 2.75) is 27.2 Å². The molecule has 1 fully saturated rings. The first-order valence-electron chi connectivity index (χ1n) is 4.45. The Balaban J connectivity index is 2.51. The summed E-state index contributed by atoms with van der Waals surface area (Å²) in [6, 6.07) is -0.276. The number of hydrogen-bond acceptors (Lipinski definition) is 1. The van der Waals surface area contributed by atoms with Gasteiger partial charge in [-0.15, -0.1) is 0 Å². The van der Waals surface area contributed by atoms with Gasteiger partial charge in [-0.2, -0.15) is 0 Å². The Hall–Kier alpha value is -0.730. The van der Waals surface area contributed by atoms with Gasteiger partial charge in [-0.1, -0.05) is 20.8 Å². The van der Waals surface area contributed by atoms with Crippen molar-refractivity contribution < 1.29 is 4.79 Å². The highest BCUT2D eigenvalue weighted by atomic mass is 16.2. The molecule has 2 N–H and O–H groups in total. The van der Waals surface area contributed by atoms with Crippen LogP contribution in [0.3, 0.4) is 0 Å². The Morgan fingerprint density at radius 1 is 1.50 bits per heavy atom. The number of amides is 2. The molecule has 1 heterocycles. The number of nitrogens with two attached hydrogens (primary N) is 1. The summed E-state index contributed by atoms with van der Waals surface area (Å²) >= 11 is 0. The molecular formula is C9H18N2O. The number of likely N-dealkylation sites (tertiary alicyclic amines) is 1. The van der Waals surface area contributed by atoms with Gasteiger partial charge in [0.25, 0.3) is 0 Å². The van der Waals surface area contributed by atoms with Crippen molar-refractivity contribution in [1.29, 1.82) is 0 Å². The van der Waals surface area contributed by atoms with Crippen LogP contribution in [0, 0.1) is 11.3 Å². The number of urea groups is 1. The molecule has 12 heavy (non-hydrogen) atoms. The molecule has 1 atom stereocenters. The van der Waals surface area contributed by atoms with E-state index in [9.17, 15) is 4.79 Å². The SMILES string of the molecule is CC(C)(C)[C@H]1CCN(C(N)=O)C1. The molecule has 0 aromatic carbocycles. The summed E-state index contributed by atoms with van der Waals surface area (Å²) in [6.07, 6.45) is 1.09. The van der Waals surface area contributed by atoms with Gasteiger partial charge < -0.3 is 10.6 Å². The Morgan fingerprint density at radius 2 is 2.08 bits per heavy atom. The van der Waals surface area contributed by atoms with Crippen molar-refractivity contribution >= 4 is 6.03 Å². The van der Waals surface area contributed by atoms with Crippen molar-refractivity contribution in [1.82, 2.24) is 4.90 Å². The fourth-order valence-electron chi connectivity index (χ4n) is 1.67. The summed E-state index contributed by atoms with van der Waals surface area (Å²) in [6.45, 7) is 8.29. The Bertz CT molecular complexity index is 183. The number of carbonyl (C=O) groups is 1. The summed E-state index contributed by atoms with van der Waals surface area (Å²) in [5.41, 5.74) is 5.49. The normalized spacial score (nSPS) is 24.6. The standard InChI is InChI=1S/C9H18N2O/c1-9(2,3)7-4-5-11(6-7)8(10)12/h7H,4-6H2,1-3H3,(H2,10,12)/t7-/m0/s1. The van der Waals surface area contributed by atoms with E-state index in [0.717, 1.165) is 19.5 Å². The maximum absolute atomic E-state index is 10.8. The summed E-state index contributed by atoms with van der Waals surface area (Å²) in [5, 5.41) is 0. The van der Waals surface area contributed by atoms with E-state index in [1.165, 1.54) is 0 Å². The van der Waals surface area contributed by atoms with Gasteiger partial charge in [-0.25, -0.2) is 4.79 Å². The molecule has 1 aliphatic heterocycles. The summed E-state index contributed by atoms with van der Waals surface area (Å²) in [7, 11) is 0. The third-order valence-electron chi connectivity index (χ3n) is 2.72. The largest absolute Gasteiger partial charge is 0.351 e. The Morgan fingerprint density at radius 3 is 2.33 bits per heavy atom. The van der Waals surface area contributed by atoms with Gasteiger partial charge in [0.15, 0.2) is 0 Å². The molecule has 1 saturated heterocycles. The predicted molar refractivity (Wildman–Crippen MR) is 48.7 cm³/mol. The summed E-state index contributed by atoms with van der Waals surface area (Å²) in [5.74, 6) is 0.602. The lowest BCUT2D eigenvalue weighted by atomic mass is 9.80. The highest BCUT2D eigenvalue weighted by Gasteiger charge is 2.32. The van der Waals surface area contributed by atoms with Crippen molar-refractivity contribution in [2.75, 3.05) is 13.1 Å². The molecule has 1 rings (SSSR count). The van der Waals surface area contributed by atoms with E-state index < -0.39 is 0 Å². The molecule has 0 spiro atoms. The molecule has 0 aromatic rings. The number of nitrogens with zero attached hydrogens (tertiary/aromatic N) is 1. The van der Waals surface area contributed by atoms with Crippen LogP contribution in [-0.4, -0.2) is 24.0 Å². The number of primary amides is 1. The molecule has 2 amide bonds. The van der Waals surface area contributed by atoms with Crippen molar-refractivity contribution in [3.05, 3.63) is 0 Å². The van der Waals surface area contributed by atoms with Crippen LogP contribution in [0.15, 0.2) is 0 Å². The molecule has 70 valence electrons. The fourth-order valence-corrected chi connectivity index (χ4v) is 1.67. The Labute approximate surface area is 73.9 Å². The molecular weight excluding hydrogens is 152 g/mol. The average Bonchev–Trinajstić information content (AvgIpc) is 2.30. The molecule has 3 nitrogen and oxygen atoms in total. The lowest BCUT2D eigenvalue weighted by Crippen LogP contribution is -2.35. The molecule has 0 saturated carbocycles. The van der Waals surface area contributed by atoms with Crippen LogP contribution in [0.1, 0.15) is 27.2 Å². The van der Waals surface area contributed by atoms with Crippen LogP contribution in [-0.2, 0) is 0 Å². The molecule has 0 aromatic heterocycles. The zero-order valence-corrected chi connectivity index (χ0v) is 8.13. The monoisotopic (exact) mass is 170 g/mol. The van der Waals surface area contributed by atoms with Crippen LogP contribution < -0.4 is 5.73 Å². The zero-order chi connectivity index (χ0) is 9.35. The van der Waals surface area contributed by atoms with Crippen LogP contribution in [0.25, 0.3) is 0 Å². The first-order valence-corrected chi connectivity index (χ1v) is 4.45. The van der Waals surface area contributed by atoms with E-state index in [4.69, 9.17) is 5.73 Å². The van der Waals surface area contributed by atoms with Crippen LogP contribution in [0.2, 0.25) is 0 Å². The highest BCUT2D eigenvalue weighted by Crippen LogP contribution is 2.33. The van der Waals surface area contributed by atoms with Crippen LogP contribution >= 0.6 is 0 Å². The third kappa shape index (κ3) is 1.90. The van der Waals surface area contributed by atoms with Crippen LogP contribution in [0.4, 0.5) is 4.79 Å². The second-order valence-corrected chi connectivity index (χ2v) is 4.64. The van der Waals surface area contributed by atoms with Crippen molar-refractivity contribution in [3.63, 3.8) is 0 Å². The van der Waals surface area contributed by atoms with Crippen molar-refractivity contribution in [2.24, 2.45) is 17.1 Å². The number of rotatable bonds is 0. The topological polar surface area (TPSA) is 46.3 Å². The Kier molecular flexibility index (Phi) is 2.31. The quantitative estimate of drug-likeness (QED) is 0.587. The second kappa shape index (κ2) is 2.96. The lowest BCUT2D eigenvalue weighted by molar-refractivity contribution is 0.205. The summed E-state index contributed by atoms with van der Waals surface area (Å²) in [4.78, 5) is 12.6. The minimum absolute atomic E-state index is 0.276. The lowest BCUT2D eigenvalue weighted by Gasteiger charge is -2.26. The van der Waals surface area contributed by atoms with E-state index >= 15 is 0 Å². The maximum Gasteiger partial charge on any atom is 0.314 e. The summed E-state index contributed by atoms with van der Waals surface area (Å²) < 4.78 is 0. The fraction of sp³-hybridized carbons (Fsp3) is 0.889. The van der Waals surface area contributed by atoms with E-state index in [1.54, 1.807) is 4.90 Å². The molecule has 0 aliphatic carbocycles. The zero-order valence-electron chi connectivity index (χ0n) is 8.13. The van der Waals surface area contributed by atoms with E-state index in [2.05, 4.69) is 20.8 Å². The van der Waals surface area contributed by atoms with Gasteiger partial charge in [0.1, 0.15) is 0 Å².